The highest BCUT2D eigenvalue weighted by atomic mass is 32.2. The van der Waals surface area contributed by atoms with E-state index in [1.807, 2.05) is 49.4 Å². The van der Waals surface area contributed by atoms with Crippen LogP contribution in [0.25, 0.3) is 0 Å². The van der Waals surface area contributed by atoms with Crippen LogP contribution in [0.4, 0.5) is 10.1 Å². The number of halogens is 1. The van der Waals surface area contributed by atoms with Crippen LogP contribution in [0, 0.1) is 5.82 Å². The summed E-state index contributed by atoms with van der Waals surface area (Å²) in [6.07, 6.45) is 6.92. The Kier molecular flexibility index (Phi) is 10.7. The van der Waals surface area contributed by atoms with Crippen LogP contribution in [0.5, 0.6) is 0 Å². The molecule has 0 heterocycles. The van der Waals surface area contributed by atoms with Gasteiger partial charge in [0.25, 0.3) is 0 Å². The molecule has 4 rings (SSSR count). The molecule has 1 atom stereocenters. The summed E-state index contributed by atoms with van der Waals surface area (Å²) in [5.74, 6) is -1.42. The highest BCUT2D eigenvalue weighted by Crippen LogP contribution is 2.23. The predicted octanol–water partition coefficient (Wildman–Crippen LogP) is 5.24. The number of rotatable bonds is 12. The Balaban J connectivity index is 1.72. The summed E-state index contributed by atoms with van der Waals surface area (Å²) < 4.78 is 41.8. The van der Waals surface area contributed by atoms with Crippen LogP contribution in [0.15, 0.2) is 78.9 Å². The summed E-state index contributed by atoms with van der Waals surface area (Å²) in [5, 5.41) is 3.14. The minimum absolute atomic E-state index is 0.000431. The maximum Gasteiger partial charge on any atom is 0.244 e. The number of nitrogens with one attached hydrogen (secondary N) is 1. The third kappa shape index (κ3) is 8.41. The zero-order chi connectivity index (χ0) is 30.1. The predicted molar refractivity (Wildman–Crippen MR) is 164 cm³/mol. The van der Waals surface area contributed by atoms with Crippen LogP contribution in [0.3, 0.4) is 0 Å². The Hall–Kier alpha value is -3.72. The van der Waals surface area contributed by atoms with Gasteiger partial charge in [0.2, 0.25) is 21.8 Å². The van der Waals surface area contributed by atoms with E-state index < -0.39 is 34.3 Å². The molecule has 1 N–H and O–H groups in total. The van der Waals surface area contributed by atoms with E-state index in [1.54, 1.807) is 30.3 Å². The fraction of sp³-hybridized carbons (Fsp3) is 0.394. The van der Waals surface area contributed by atoms with Crippen LogP contribution in [0.1, 0.15) is 55.7 Å². The van der Waals surface area contributed by atoms with Crippen LogP contribution in [-0.4, -0.2) is 50.0 Å². The number of carbonyl (C=O) groups is 2. The van der Waals surface area contributed by atoms with Crippen molar-refractivity contribution in [3.05, 3.63) is 101 Å². The zero-order valence-electron chi connectivity index (χ0n) is 24.3. The number of aryl methyl sites for hydroxylation is 1. The van der Waals surface area contributed by atoms with Gasteiger partial charge in [-0.1, -0.05) is 86.8 Å². The van der Waals surface area contributed by atoms with Gasteiger partial charge in [-0.05, 0) is 48.6 Å². The minimum Gasteiger partial charge on any atom is -0.352 e. The first-order valence-corrected chi connectivity index (χ1v) is 16.4. The molecule has 3 aromatic rings. The van der Waals surface area contributed by atoms with Gasteiger partial charge in [0.1, 0.15) is 18.4 Å². The van der Waals surface area contributed by atoms with Crippen LogP contribution in [-0.2, 0) is 39.0 Å². The molecular formula is C33H40FN3O4S. The van der Waals surface area contributed by atoms with Gasteiger partial charge >= 0.3 is 0 Å². The van der Waals surface area contributed by atoms with Crippen molar-refractivity contribution < 1.29 is 22.4 Å². The highest BCUT2D eigenvalue weighted by molar-refractivity contribution is 7.92. The number of nitrogens with zero attached hydrogens (tertiary/aromatic N) is 2. The molecule has 1 aliphatic rings. The molecule has 9 heteroatoms. The van der Waals surface area contributed by atoms with E-state index in [0.29, 0.717) is 5.69 Å². The summed E-state index contributed by atoms with van der Waals surface area (Å²) in [4.78, 5) is 29.4. The molecule has 1 saturated carbocycles. The Morgan fingerprint density at radius 2 is 1.55 bits per heavy atom. The molecule has 1 fully saturated rings. The third-order valence-corrected chi connectivity index (χ3v) is 8.97. The fourth-order valence-corrected chi connectivity index (χ4v) is 6.27. The normalized spacial score (nSPS) is 14.6. The highest BCUT2D eigenvalue weighted by Gasteiger charge is 2.34. The molecule has 0 radical (unpaired) electrons. The van der Waals surface area contributed by atoms with Crippen molar-refractivity contribution in [3.63, 3.8) is 0 Å². The quantitative estimate of drug-likeness (QED) is 0.311. The lowest BCUT2D eigenvalue weighted by Crippen LogP contribution is -2.55. The monoisotopic (exact) mass is 593 g/mol. The number of anilines is 1. The van der Waals surface area contributed by atoms with E-state index in [4.69, 9.17) is 0 Å². The molecule has 0 aromatic heterocycles. The summed E-state index contributed by atoms with van der Waals surface area (Å²) in [5.41, 5.74) is 2.46. The van der Waals surface area contributed by atoms with Gasteiger partial charge in [-0.2, -0.15) is 0 Å². The minimum atomic E-state index is -3.86. The van der Waals surface area contributed by atoms with Crippen LogP contribution < -0.4 is 9.62 Å². The first-order valence-electron chi connectivity index (χ1n) is 14.6. The Labute approximate surface area is 248 Å². The lowest BCUT2D eigenvalue weighted by atomic mass is 9.94. The first kappa shape index (κ1) is 31.2. The van der Waals surface area contributed by atoms with Gasteiger partial charge in [0, 0.05) is 24.6 Å². The Bertz CT molecular complexity index is 1440. The number of carbonyl (C=O) groups excluding carboxylic acids is 2. The smallest absolute Gasteiger partial charge is 0.244 e. The van der Waals surface area contributed by atoms with E-state index in [9.17, 15) is 22.4 Å². The van der Waals surface area contributed by atoms with Gasteiger partial charge in [0.05, 0.1) is 11.9 Å². The van der Waals surface area contributed by atoms with E-state index in [2.05, 4.69) is 5.32 Å². The molecular weight excluding hydrogens is 553 g/mol. The van der Waals surface area contributed by atoms with Gasteiger partial charge in [-0.3, -0.25) is 13.9 Å². The van der Waals surface area contributed by atoms with Gasteiger partial charge in [-0.15, -0.1) is 0 Å². The van der Waals surface area contributed by atoms with E-state index >= 15 is 0 Å². The average molecular weight is 594 g/mol. The van der Waals surface area contributed by atoms with E-state index in [0.717, 1.165) is 60.2 Å². The largest absolute Gasteiger partial charge is 0.352 e. The molecule has 7 nitrogen and oxygen atoms in total. The average Bonchev–Trinajstić information content (AvgIpc) is 2.99. The second-order valence-corrected chi connectivity index (χ2v) is 12.9. The van der Waals surface area contributed by atoms with Crippen molar-refractivity contribution in [2.24, 2.45) is 0 Å². The molecule has 0 bridgehead atoms. The molecule has 2 amide bonds. The second kappa shape index (κ2) is 14.4. The van der Waals surface area contributed by atoms with E-state index in [-0.39, 0.29) is 30.5 Å². The number of amides is 2. The van der Waals surface area contributed by atoms with E-state index in [1.165, 1.54) is 11.0 Å². The molecule has 42 heavy (non-hydrogen) atoms. The van der Waals surface area contributed by atoms with Crippen LogP contribution in [0.2, 0.25) is 0 Å². The summed E-state index contributed by atoms with van der Waals surface area (Å²) in [7, 11) is -3.86. The first-order chi connectivity index (χ1) is 20.2. The van der Waals surface area contributed by atoms with Crippen molar-refractivity contribution >= 4 is 27.5 Å². The number of sulfonamides is 1. The fourth-order valence-electron chi connectivity index (χ4n) is 5.42. The summed E-state index contributed by atoms with van der Waals surface area (Å²) in [6, 6.07) is 21.5. The maximum atomic E-state index is 14.9. The standard InChI is InChI=1S/C33H40FN3O4S/c1-3-25-18-20-29(21-19-25)37(42(2,40)41)24-32(38)36(23-27-14-10-11-17-30(27)34)31(22-26-12-6-4-7-13-26)33(39)35-28-15-8-5-9-16-28/h4,6-7,10-14,17-21,28,31H,3,5,8-9,15-16,22-24H2,1-2H3,(H,35,39). The van der Waals surface area contributed by atoms with Crippen molar-refractivity contribution in [1.82, 2.24) is 10.2 Å². The molecule has 1 unspecified atom stereocenters. The summed E-state index contributed by atoms with van der Waals surface area (Å²) >= 11 is 0. The number of hydrogen-bond acceptors (Lipinski definition) is 4. The van der Waals surface area contributed by atoms with Gasteiger partial charge in [0.15, 0.2) is 0 Å². The van der Waals surface area contributed by atoms with Crippen LogP contribution >= 0.6 is 0 Å². The zero-order valence-corrected chi connectivity index (χ0v) is 25.2. The van der Waals surface area contributed by atoms with Gasteiger partial charge < -0.3 is 10.2 Å². The molecule has 1 aliphatic carbocycles. The Morgan fingerprint density at radius 3 is 2.17 bits per heavy atom. The van der Waals surface area contributed by atoms with Crippen molar-refractivity contribution in [2.75, 3.05) is 17.1 Å². The molecule has 0 aliphatic heterocycles. The number of benzene rings is 3. The van der Waals surface area contributed by atoms with Crippen molar-refractivity contribution in [3.8, 4) is 0 Å². The molecule has 0 saturated heterocycles. The molecule has 224 valence electrons. The van der Waals surface area contributed by atoms with Crippen molar-refractivity contribution in [2.45, 2.75) is 70.5 Å². The molecule has 3 aromatic carbocycles. The second-order valence-electron chi connectivity index (χ2n) is 11.0. The third-order valence-electron chi connectivity index (χ3n) is 7.83. The van der Waals surface area contributed by atoms with Crippen molar-refractivity contribution in [1.29, 1.82) is 0 Å². The topological polar surface area (TPSA) is 86.8 Å². The molecule has 0 spiro atoms. The van der Waals surface area contributed by atoms with Gasteiger partial charge in [-0.25, -0.2) is 12.8 Å². The Morgan fingerprint density at radius 1 is 0.905 bits per heavy atom. The lowest BCUT2D eigenvalue weighted by Gasteiger charge is -2.35. The summed E-state index contributed by atoms with van der Waals surface area (Å²) in [6.45, 7) is 1.28. The SMILES string of the molecule is CCc1ccc(N(CC(=O)N(Cc2ccccc2F)C(Cc2ccccc2)C(=O)NC2CCCCC2)S(C)(=O)=O)cc1. The lowest BCUT2D eigenvalue weighted by molar-refractivity contribution is -0.140. The number of hydrogen-bond donors (Lipinski definition) is 1. The maximum absolute atomic E-state index is 14.9.